The largest absolute Gasteiger partial charge is 0.395 e. The molecule has 0 bridgehead atoms. The van der Waals surface area contributed by atoms with Crippen molar-refractivity contribution in [2.45, 2.75) is 19.8 Å². The van der Waals surface area contributed by atoms with Crippen molar-refractivity contribution >= 4 is 0 Å². The van der Waals surface area contributed by atoms with Gasteiger partial charge in [0, 0.05) is 13.1 Å². The molecule has 4 nitrogen and oxygen atoms in total. The van der Waals surface area contributed by atoms with Crippen LogP contribution in [-0.2, 0) is 0 Å². The lowest BCUT2D eigenvalue weighted by Gasteiger charge is -1.94. The van der Waals surface area contributed by atoms with Crippen molar-refractivity contribution in [1.82, 2.24) is 5.32 Å². The number of hydrogen-bond acceptors (Lipinski definition) is 4. The highest BCUT2D eigenvalue weighted by atomic mass is 16.3. The number of nitrogens with one attached hydrogen (secondary N) is 1. The third kappa shape index (κ3) is 22.5. The second-order valence-electron chi connectivity index (χ2n) is 2.34. The Morgan fingerprint density at radius 3 is 1.83 bits per heavy atom. The lowest BCUT2D eigenvalue weighted by Crippen LogP contribution is -2.21. The van der Waals surface area contributed by atoms with Crippen molar-refractivity contribution in [3.05, 3.63) is 0 Å². The van der Waals surface area contributed by atoms with E-state index in [2.05, 4.69) is 12.2 Å². The van der Waals surface area contributed by atoms with E-state index in [1.165, 1.54) is 12.8 Å². The van der Waals surface area contributed by atoms with E-state index in [4.69, 9.17) is 15.9 Å². The van der Waals surface area contributed by atoms with Crippen LogP contribution in [0.1, 0.15) is 19.8 Å². The van der Waals surface area contributed by atoms with E-state index in [1.807, 2.05) is 0 Å². The van der Waals surface area contributed by atoms with Gasteiger partial charge in [0.1, 0.15) is 0 Å². The van der Waals surface area contributed by atoms with E-state index >= 15 is 0 Å². The normalized spacial score (nSPS) is 9.00. The minimum absolute atomic E-state index is 0.139. The Hall–Kier alpha value is -0.160. The van der Waals surface area contributed by atoms with Gasteiger partial charge in [0.25, 0.3) is 0 Å². The Morgan fingerprint density at radius 1 is 1.17 bits per heavy atom. The maximum atomic E-state index is 8.15. The number of nitrogens with two attached hydrogens (primary N) is 1. The summed E-state index contributed by atoms with van der Waals surface area (Å²) in [4.78, 5) is 0. The van der Waals surface area contributed by atoms with Gasteiger partial charge in [-0.05, 0) is 13.0 Å². The third-order valence-corrected chi connectivity index (χ3v) is 1.13. The van der Waals surface area contributed by atoms with Crippen molar-refractivity contribution in [3.63, 3.8) is 0 Å². The molecule has 0 aliphatic carbocycles. The maximum absolute atomic E-state index is 8.15. The van der Waals surface area contributed by atoms with Crippen LogP contribution in [0.5, 0.6) is 0 Å². The van der Waals surface area contributed by atoms with Crippen LogP contribution in [-0.4, -0.2) is 43.1 Å². The molecule has 0 amide bonds. The Kier molecular flexibility index (Phi) is 20.4. The lowest BCUT2D eigenvalue weighted by molar-refractivity contribution is 0.267. The molecule has 0 radical (unpaired) electrons. The van der Waals surface area contributed by atoms with Crippen LogP contribution in [0.25, 0.3) is 0 Å². The fraction of sp³-hybridized carbons (Fsp3) is 1.00. The first-order chi connectivity index (χ1) is 5.83. The van der Waals surface area contributed by atoms with Gasteiger partial charge in [0.05, 0.1) is 13.2 Å². The lowest BCUT2D eigenvalue weighted by atomic mass is 10.3. The van der Waals surface area contributed by atoms with E-state index in [0.29, 0.717) is 13.1 Å². The average molecular weight is 178 g/mol. The second-order valence-corrected chi connectivity index (χ2v) is 2.34. The standard InChI is InChI=1S/C4H11NO2.C4H11N/c6-3-1-5-2-4-7;1-2-3-4-5/h5-7H,1-4H2;2-5H2,1H3. The van der Waals surface area contributed by atoms with E-state index in [9.17, 15) is 0 Å². The minimum atomic E-state index is 0.139. The van der Waals surface area contributed by atoms with Gasteiger partial charge >= 0.3 is 0 Å². The summed E-state index contributed by atoms with van der Waals surface area (Å²) in [7, 11) is 0. The van der Waals surface area contributed by atoms with Gasteiger partial charge in [-0.3, -0.25) is 0 Å². The molecule has 0 aliphatic heterocycles. The van der Waals surface area contributed by atoms with Crippen molar-refractivity contribution in [1.29, 1.82) is 0 Å². The van der Waals surface area contributed by atoms with Crippen LogP contribution in [0.15, 0.2) is 0 Å². The van der Waals surface area contributed by atoms with Gasteiger partial charge in [-0.15, -0.1) is 0 Å². The number of aliphatic hydroxyl groups is 2. The minimum Gasteiger partial charge on any atom is -0.395 e. The van der Waals surface area contributed by atoms with Gasteiger partial charge in [-0.1, -0.05) is 13.3 Å². The molecule has 0 saturated carbocycles. The molecular formula is C8H22N2O2. The Morgan fingerprint density at radius 2 is 1.67 bits per heavy atom. The summed E-state index contributed by atoms with van der Waals surface area (Å²) in [6.07, 6.45) is 2.39. The summed E-state index contributed by atoms with van der Waals surface area (Å²) in [5.41, 5.74) is 5.14. The van der Waals surface area contributed by atoms with Crippen molar-refractivity contribution in [2.75, 3.05) is 32.8 Å². The van der Waals surface area contributed by atoms with Crippen LogP contribution in [0, 0.1) is 0 Å². The Labute approximate surface area is 74.8 Å². The molecule has 0 spiro atoms. The van der Waals surface area contributed by atoms with Gasteiger partial charge in [-0.25, -0.2) is 0 Å². The van der Waals surface area contributed by atoms with Gasteiger partial charge in [0.2, 0.25) is 0 Å². The van der Waals surface area contributed by atoms with E-state index in [1.54, 1.807) is 0 Å². The number of hydrogen-bond donors (Lipinski definition) is 4. The molecule has 0 unspecified atom stereocenters. The van der Waals surface area contributed by atoms with Crippen molar-refractivity contribution in [2.24, 2.45) is 5.73 Å². The second kappa shape index (κ2) is 17.1. The fourth-order valence-electron chi connectivity index (χ4n) is 0.487. The SMILES string of the molecule is CCCCN.OCCNCCO. The van der Waals surface area contributed by atoms with Gasteiger partial charge in [0.15, 0.2) is 0 Å². The third-order valence-electron chi connectivity index (χ3n) is 1.13. The molecule has 0 aliphatic rings. The smallest absolute Gasteiger partial charge is 0.0555 e. The molecule has 4 heteroatoms. The molecule has 0 aromatic rings. The number of unbranched alkanes of at least 4 members (excludes halogenated alkanes) is 1. The molecule has 0 aromatic carbocycles. The highest BCUT2D eigenvalue weighted by molar-refractivity contribution is 4.39. The molecule has 0 fully saturated rings. The molecular weight excluding hydrogens is 156 g/mol. The predicted octanol–water partition coefficient (Wildman–Crippen LogP) is -0.694. The quantitative estimate of drug-likeness (QED) is 0.406. The first kappa shape index (κ1) is 14.4. The highest BCUT2D eigenvalue weighted by Crippen LogP contribution is 1.77. The molecule has 0 aromatic heterocycles. The van der Waals surface area contributed by atoms with E-state index in [-0.39, 0.29) is 13.2 Å². The first-order valence-corrected chi connectivity index (χ1v) is 4.45. The first-order valence-electron chi connectivity index (χ1n) is 4.45. The predicted molar refractivity (Wildman–Crippen MR) is 51.0 cm³/mol. The molecule has 0 rings (SSSR count). The Balaban J connectivity index is 0. The molecule has 12 heavy (non-hydrogen) atoms. The van der Waals surface area contributed by atoms with Gasteiger partial charge in [-0.2, -0.15) is 0 Å². The van der Waals surface area contributed by atoms with E-state index in [0.717, 1.165) is 6.54 Å². The summed E-state index contributed by atoms with van der Waals surface area (Å²) in [6.45, 7) is 4.39. The van der Waals surface area contributed by atoms with Crippen LogP contribution < -0.4 is 11.1 Å². The van der Waals surface area contributed by atoms with Crippen LogP contribution in [0.3, 0.4) is 0 Å². The number of aliphatic hydroxyl groups excluding tert-OH is 2. The van der Waals surface area contributed by atoms with Crippen molar-refractivity contribution < 1.29 is 10.2 Å². The van der Waals surface area contributed by atoms with Crippen LogP contribution in [0.4, 0.5) is 0 Å². The maximum Gasteiger partial charge on any atom is 0.0555 e. The molecule has 0 heterocycles. The topological polar surface area (TPSA) is 78.5 Å². The zero-order valence-corrected chi connectivity index (χ0v) is 7.92. The average Bonchev–Trinajstić information content (AvgIpc) is 2.08. The van der Waals surface area contributed by atoms with Gasteiger partial charge < -0.3 is 21.3 Å². The van der Waals surface area contributed by atoms with E-state index < -0.39 is 0 Å². The summed E-state index contributed by atoms with van der Waals surface area (Å²) >= 11 is 0. The fourth-order valence-corrected chi connectivity index (χ4v) is 0.487. The summed E-state index contributed by atoms with van der Waals surface area (Å²) < 4.78 is 0. The summed E-state index contributed by atoms with van der Waals surface area (Å²) in [6, 6.07) is 0. The molecule has 0 atom stereocenters. The molecule has 0 saturated heterocycles. The number of rotatable bonds is 6. The summed E-state index contributed by atoms with van der Waals surface area (Å²) in [5, 5.41) is 19.1. The van der Waals surface area contributed by atoms with Crippen LogP contribution >= 0.6 is 0 Å². The highest BCUT2D eigenvalue weighted by Gasteiger charge is 1.78. The van der Waals surface area contributed by atoms with Crippen LogP contribution in [0.2, 0.25) is 0 Å². The zero-order chi connectivity index (χ0) is 9.66. The monoisotopic (exact) mass is 178 g/mol. The summed E-state index contributed by atoms with van der Waals surface area (Å²) in [5.74, 6) is 0. The molecule has 76 valence electrons. The Bertz CT molecular complexity index is 57.0. The molecule has 5 N–H and O–H groups in total. The van der Waals surface area contributed by atoms with Crippen molar-refractivity contribution in [3.8, 4) is 0 Å². The zero-order valence-electron chi connectivity index (χ0n) is 7.92.